The Labute approximate surface area is 95.8 Å². The molecule has 1 aliphatic carbocycles. The number of halogens is 1. The van der Waals surface area contributed by atoms with Crippen molar-refractivity contribution in [2.24, 2.45) is 0 Å². The third-order valence-electron chi connectivity index (χ3n) is 2.76. The highest BCUT2D eigenvalue weighted by molar-refractivity contribution is 5.30. The molecule has 0 spiro atoms. The molecule has 3 heteroatoms. The van der Waals surface area contributed by atoms with Gasteiger partial charge in [-0.3, -0.25) is 0 Å². The minimum Gasteiger partial charge on any atom is -0.486 e. The molecule has 88 valence electrons. The fraction of sp³-hybridized carbons (Fsp3) is 0.538. The van der Waals surface area contributed by atoms with Crippen LogP contribution >= 0.6 is 0 Å². The van der Waals surface area contributed by atoms with Crippen LogP contribution in [-0.2, 0) is 0 Å². The number of ether oxygens (including phenoxy) is 1. The number of benzene rings is 1. The highest BCUT2D eigenvalue weighted by Gasteiger charge is 2.21. The second kappa shape index (κ2) is 4.83. The first-order valence-corrected chi connectivity index (χ1v) is 5.82. The summed E-state index contributed by atoms with van der Waals surface area (Å²) >= 11 is 0. The van der Waals surface area contributed by atoms with Gasteiger partial charge in [-0.2, -0.15) is 0 Å². The molecule has 1 fully saturated rings. The minimum absolute atomic E-state index is 0.00287. The number of hydrogen-bond donors (Lipinski definition) is 1. The van der Waals surface area contributed by atoms with Crippen molar-refractivity contribution in [3.8, 4) is 5.75 Å². The lowest BCUT2D eigenvalue weighted by molar-refractivity contribution is 0.207. The van der Waals surface area contributed by atoms with Crippen LogP contribution in [0.2, 0.25) is 0 Å². The Bertz CT molecular complexity index is 363. The quantitative estimate of drug-likeness (QED) is 0.828. The summed E-state index contributed by atoms with van der Waals surface area (Å²) in [5, 5.41) is 3.36. The molecular weight excluding hydrogens is 205 g/mol. The summed E-state index contributed by atoms with van der Waals surface area (Å²) < 4.78 is 19.2. The van der Waals surface area contributed by atoms with E-state index in [-0.39, 0.29) is 11.9 Å². The Morgan fingerprint density at radius 2 is 2.25 bits per heavy atom. The molecule has 16 heavy (non-hydrogen) atoms. The molecule has 2 rings (SSSR count). The number of rotatable bonds is 5. The summed E-state index contributed by atoms with van der Waals surface area (Å²) in [4.78, 5) is 0. The van der Waals surface area contributed by atoms with Crippen LogP contribution < -0.4 is 10.1 Å². The van der Waals surface area contributed by atoms with E-state index in [1.165, 1.54) is 12.8 Å². The van der Waals surface area contributed by atoms with Crippen LogP contribution in [0.5, 0.6) is 5.75 Å². The normalized spacial score (nSPS) is 17.2. The molecule has 0 saturated heterocycles. The van der Waals surface area contributed by atoms with Gasteiger partial charge < -0.3 is 10.1 Å². The van der Waals surface area contributed by atoms with Crippen molar-refractivity contribution >= 4 is 0 Å². The van der Waals surface area contributed by atoms with Crippen molar-refractivity contribution in [3.05, 3.63) is 29.6 Å². The smallest absolute Gasteiger partial charge is 0.167 e. The van der Waals surface area contributed by atoms with E-state index in [1.807, 2.05) is 13.0 Å². The number of nitrogens with one attached hydrogen (secondary N) is 1. The molecule has 2 nitrogen and oxygen atoms in total. The number of hydrogen-bond acceptors (Lipinski definition) is 2. The van der Waals surface area contributed by atoms with Crippen LogP contribution in [0.1, 0.15) is 25.3 Å². The summed E-state index contributed by atoms with van der Waals surface area (Å²) in [6.45, 7) is 4.48. The molecule has 0 heterocycles. The lowest BCUT2D eigenvalue weighted by Gasteiger charge is -2.16. The SMILES string of the molecule is Cc1cccc(OC(C)CNC2CC2)c1F. The molecule has 0 bridgehead atoms. The molecule has 0 amide bonds. The minimum atomic E-state index is -0.249. The highest BCUT2D eigenvalue weighted by atomic mass is 19.1. The van der Waals surface area contributed by atoms with E-state index in [0.717, 1.165) is 6.54 Å². The van der Waals surface area contributed by atoms with Crippen LogP contribution in [0.4, 0.5) is 4.39 Å². The van der Waals surface area contributed by atoms with Gasteiger partial charge in [0.2, 0.25) is 0 Å². The van der Waals surface area contributed by atoms with Gasteiger partial charge in [0.25, 0.3) is 0 Å². The van der Waals surface area contributed by atoms with Crippen LogP contribution in [0.15, 0.2) is 18.2 Å². The van der Waals surface area contributed by atoms with E-state index in [1.54, 1.807) is 19.1 Å². The fourth-order valence-corrected chi connectivity index (χ4v) is 1.59. The molecule has 1 N–H and O–H groups in total. The highest BCUT2D eigenvalue weighted by Crippen LogP contribution is 2.21. The van der Waals surface area contributed by atoms with E-state index in [2.05, 4.69) is 5.32 Å². The summed E-state index contributed by atoms with van der Waals surface area (Å²) in [7, 11) is 0. The average molecular weight is 223 g/mol. The third kappa shape index (κ3) is 2.95. The average Bonchev–Trinajstić information content (AvgIpc) is 3.06. The van der Waals surface area contributed by atoms with Crippen LogP contribution in [0.25, 0.3) is 0 Å². The largest absolute Gasteiger partial charge is 0.486 e. The van der Waals surface area contributed by atoms with Gasteiger partial charge in [0.1, 0.15) is 6.10 Å². The second-order valence-corrected chi connectivity index (χ2v) is 4.50. The van der Waals surface area contributed by atoms with Gasteiger partial charge in [0, 0.05) is 12.6 Å². The van der Waals surface area contributed by atoms with Gasteiger partial charge >= 0.3 is 0 Å². The van der Waals surface area contributed by atoms with Crippen molar-refractivity contribution in [3.63, 3.8) is 0 Å². The zero-order valence-electron chi connectivity index (χ0n) is 9.79. The Hall–Kier alpha value is -1.09. The molecule has 1 aliphatic rings. The molecule has 1 aromatic carbocycles. The van der Waals surface area contributed by atoms with E-state index in [9.17, 15) is 4.39 Å². The summed E-state index contributed by atoms with van der Waals surface area (Å²) in [5.41, 5.74) is 0.625. The first kappa shape index (κ1) is 11.4. The van der Waals surface area contributed by atoms with E-state index in [4.69, 9.17) is 4.74 Å². The zero-order chi connectivity index (χ0) is 11.5. The van der Waals surface area contributed by atoms with E-state index < -0.39 is 0 Å². The molecule has 0 radical (unpaired) electrons. The van der Waals surface area contributed by atoms with Crippen molar-refractivity contribution in [1.29, 1.82) is 0 Å². The van der Waals surface area contributed by atoms with Crippen molar-refractivity contribution < 1.29 is 9.13 Å². The maximum absolute atomic E-state index is 13.6. The summed E-state index contributed by atoms with van der Waals surface area (Å²) in [6, 6.07) is 5.90. The Morgan fingerprint density at radius 1 is 1.50 bits per heavy atom. The van der Waals surface area contributed by atoms with Crippen molar-refractivity contribution in [2.45, 2.75) is 38.8 Å². The van der Waals surface area contributed by atoms with Crippen molar-refractivity contribution in [2.75, 3.05) is 6.54 Å². The maximum atomic E-state index is 13.6. The standard InChI is InChI=1S/C13H18FNO/c1-9-4-3-5-12(13(9)14)16-10(2)8-15-11-6-7-11/h3-5,10-11,15H,6-8H2,1-2H3. The molecule has 1 atom stereocenters. The molecular formula is C13H18FNO. The van der Waals surface area contributed by atoms with Gasteiger partial charge in [0.15, 0.2) is 11.6 Å². The lowest BCUT2D eigenvalue weighted by atomic mass is 10.2. The molecule has 0 aliphatic heterocycles. The summed E-state index contributed by atoms with van der Waals surface area (Å²) in [5.74, 6) is 0.103. The summed E-state index contributed by atoms with van der Waals surface area (Å²) in [6.07, 6.45) is 2.51. The first-order valence-electron chi connectivity index (χ1n) is 5.82. The number of aryl methyl sites for hydroxylation is 1. The molecule has 1 aromatic rings. The van der Waals surface area contributed by atoms with Gasteiger partial charge in [-0.25, -0.2) is 4.39 Å². The van der Waals surface area contributed by atoms with Gasteiger partial charge in [-0.1, -0.05) is 12.1 Å². The first-order chi connectivity index (χ1) is 7.66. The maximum Gasteiger partial charge on any atom is 0.167 e. The third-order valence-corrected chi connectivity index (χ3v) is 2.76. The molecule has 1 saturated carbocycles. The van der Waals surface area contributed by atoms with Gasteiger partial charge in [-0.05, 0) is 38.3 Å². The Balaban J connectivity index is 1.88. The van der Waals surface area contributed by atoms with Crippen molar-refractivity contribution in [1.82, 2.24) is 5.32 Å². The monoisotopic (exact) mass is 223 g/mol. The molecule has 1 unspecified atom stereocenters. The van der Waals surface area contributed by atoms with E-state index in [0.29, 0.717) is 17.4 Å². The predicted octanol–water partition coefficient (Wildman–Crippen LogP) is 2.65. The zero-order valence-corrected chi connectivity index (χ0v) is 9.79. The second-order valence-electron chi connectivity index (χ2n) is 4.50. The fourth-order valence-electron chi connectivity index (χ4n) is 1.59. The Kier molecular flexibility index (Phi) is 3.44. The lowest BCUT2D eigenvalue weighted by Crippen LogP contribution is -2.30. The molecule has 0 aromatic heterocycles. The van der Waals surface area contributed by atoms with Crippen LogP contribution in [0, 0.1) is 12.7 Å². The van der Waals surface area contributed by atoms with Gasteiger partial charge in [0.05, 0.1) is 0 Å². The topological polar surface area (TPSA) is 21.3 Å². The Morgan fingerprint density at radius 3 is 2.94 bits per heavy atom. The van der Waals surface area contributed by atoms with Crippen LogP contribution in [-0.4, -0.2) is 18.7 Å². The van der Waals surface area contributed by atoms with Gasteiger partial charge in [-0.15, -0.1) is 0 Å². The van der Waals surface area contributed by atoms with Crippen LogP contribution in [0.3, 0.4) is 0 Å². The van der Waals surface area contributed by atoms with E-state index >= 15 is 0 Å². The predicted molar refractivity (Wildman–Crippen MR) is 62.3 cm³/mol.